The predicted molar refractivity (Wildman–Crippen MR) is 63.0 cm³/mol. The SMILES string of the molecule is N=C(N)C1C[I-]NCC1C1CCCCCC1. The van der Waals surface area contributed by atoms with Crippen LogP contribution in [0.15, 0.2) is 0 Å². The summed E-state index contributed by atoms with van der Waals surface area (Å²) in [6.07, 6.45) is 8.34. The maximum absolute atomic E-state index is 7.76. The van der Waals surface area contributed by atoms with E-state index >= 15 is 0 Å². The van der Waals surface area contributed by atoms with Crippen molar-refractivity contribution in [1.29, 1.82) is 5.41 Å². The van der Waals surface area contributed by atoms with Crippen molar-refractivity contribution in [3.63, 3.8) is 0 Å². The Kier molecular flexibility index (Phi) is 4.88. The Morgan fingerprint density at radius 3 is 2.50 bits per heavy atom. The summed E-state index contributed by atoms with van der Waals surface area (Å²) in [5.74, 6) is 2.34. The molecule has 0 radical (unpaired) electrons. The van der Waals surface area contributed by atoms with Gasteiger partial charge in [-0.3, -0.25) is 0 Å². The second-order valence-electron chi connectivity index (χ2n) is 5.10. The summed E-state index contributed by atoms with van der Waals surface area (Å²) in [5, 5.41) is 7.76. The molecule has 0 aromatic rings. The molecule has 4 N–H and O–H groups in total. The monoisotopic (exact) mass is 336 g/mol. The van der Waals surface area contributed by atoms with Gasteiger partial charge in [-0.05, 0) is 0 Å². The molecule has 1 saturated carbocycles. The van der Waals surface area contributed by atoms with E-state index in [0.29, 0.717) is 17.7 Å². The summed E-state index contributed by atoms with van der Waals surface area (Å²) in [6.45, 7) is 1.13. The Morgan fingerprint density at radius 2 is 1.88 bits per heavy atom. The first-order chi connectivity index (χ1) is 7.79. The fraction of sp³-hybridized carbons (Fsp3) is 0.917. The van der Waals surface area contributed by atoms with Crippen molar-refractivity contribution in [2.75, 3.05) is 11.0 Å². The first kappa shape index (κ1) is 12.6. The summed E-state index contributed by atoms with van der Waals surface area (Å²) < 4.78 is 4.77. The van der Waals surface area contributed by atoms with Crippen molar-refractivity contribution in [3.8, 4) is 0 Å². The van der Waals surface area contributed by atoms with Crippen LogP contribution in [0.4, 0.5) is 0 Å². The topological polar surface area (TPSA) is 61.9 Å². The standard InChI is InChI=1S/C12H23IN3/c14-12(15)10-7-13-16-8-11(10)9-5-3-1-2-4-6-9/h9-11,16H,1-8H2,(H3,14,15)/q-1. The van der Waals surface area contributed by atoms with Gasteiger partial charge < -0.3 is 0 Å². The third-order valence-electron chi connectivity index (χ3n) is 4.07. The second-order valence-corrected chi connectivity index (χ2v) is 7.51. The van der Waals surface area contributed by atoms with Crippen LogP contribution in [0.1, 0.15) is 38.5 Å². The molecule has 94 valence electrons. The number of amidine groups is 1. The van der Waals surface area contributed by atoms with Crippen LogP contribution in [0, 0.1) is 23.2 Å². The molecule has 2 aliphatic rings. The van der Waals surface area contributed by atoms with Gasteiger partial charge in [0, 0.05) is 0 Å². The number of alkyl halides is 1. The van der Waals surface area contributed by atoms with Crippen LogP contribution in [0.3, 0.4) is 0 Å². The molecule has 2 unspecified atom stereocenters. The predicted octanol–water partition coefficient (Wildman–Crippen LogP) is -1.27. The molecule has 1 aliphatic carbocycles. The number of hydrogen-bond acceptors (Lipinski definition) is 2. The molecule has 0 bridgehead atoms. The van der Waals surface area contributed by atoms with E-state index in [4.69, 9.17) is 11.1 Å². The summed E-state index contributed by atoms with van der Waals surface area (Å²) >= 11 is 0.113. The molecule has 1 saturated heterocycles. The first-order valence-corrected chi connectivity index (χ1v) is 9.04. The van der Waals surface area contributed by atoms with Gasteiger partial charge in [-0.2, -0.15) is 0 Å². The molecule has 2 fully saturated rings. The van der Waals surface area contributed by atoms with Crippen LogP contribution in [0.25, 0.3) is 0 Å². The van der Waals surface area contributed by atoms with Gasteiger partial charge in [0.1, 0.15) is 0 Å². The fourth-order valence-electron chi connectivity index (χ4n) is 3.09. The Morgan fingerprint density at radius 1 is 1.19 bits per heavy atom. The molecule has 16 heavy (non-hydrogen) atoms. The zero-order valence-electron chi connectivity index (χ0n) is 9.84. The summed E-state index contributed by atoms with van der Waals surface area (Å²) in [5.41, 5.74) is 5.78. The van der Waals surface area contributed by atoms with Gasteiger partial charge in [0.2, 0.25) is 0 Å². The Balaban J connectivity index is 2.00. The van der Waals surface area contributed by atoms with E-state index in [2.05, 4.69) is 3.53 Å². The fourth-order valence-corrected chi connectivity index (χ4v) is 5.82. The molecule has 0 aromatic heterocycles. The van der Waals surface area contributed by atoms with Crippen LogP contribution in [-0.2, 0) is 0 Å². The van der Waals surface area contributed by atoms with Gasteiger partial charge in [0.15, 0.2) is 0 Å². The molecule has 0 amide bonds. The van der Waals surface area contributed by atoms with Crippen molar-refractivity contribution in [2.24, 2.45) is 23.5 Å². The Hall–Kier alpha value is 0.160. The molecule has 0 spiro atoms. The number of halogens is 1. The average molecular weight is 336 g/mol. The van der Waals surface area contributed by atoms with Crippen molar-refractivity contribution in [3.05, 3.63) is 0 Å². The van der Waals surface area contributed by atoms with E-state index < -0.39 is 0 Å². The molecule has 1 aliphatic heterocycles. The van der Waals surface area contributed by atoms with E-state index in [1.165, 1.54) is 43.0 Å². The molecule has 0 aromatic carbocycles. The molecular formula is C12H23IN3-. The van der Waals surface area contributed by atoms with E-state index in [1.807, 2.05) is 0 Å². The average Bonchev–Trinajstić information content (AvgIpc) is 2.57. The second kappa shape index (κ2) is 6.19. The minimum absolute atomic E-state index is 0.113. The summed E-state index contributed by atoms with van der Waals surface area (Å²) in [4.78, 5) is 0. The number of nitrogens with two attached hydrogens (primary N) is 1. The van der Waals surface area contributed by atoms with E-state index in [1.54, 1.807) is 0 Å². The van der Waals surface area contributed by atoms with Gasteiger partial charge in [0.05, 0.1) is 0 Å². The number of hydrogen-bond donors (Lipinski definition) is 3. The molecule has 2 rings (SSSR count). The van der Waals surface area contributed by atoms with Crippen molar-refractivity contribution < 1.29 is 21.5 Å². The van der Waals surface area contributed by atoms with Gasteiger partial charge >= 0.3 is 109 Å². The molecular weight excluding hydrogens is 313 g/mol. The van der Waals surface area contributed by atoms with Crippen LogP contribution in [0.2, 0.25) is 0 Å². The minimum atomic E-state index is 0.113. The molecule has 2 atom stereocenters. The van der Waals surface area contributed by atoms with Crippen molar-refractivity contribution in [2.45, 2.75) is 38.5 Å². The van der Waals surface area contributed by atoms with Crippen LogP contribution < -0.4 is 30.7 Å². The van der Waals surface area contributed by atoms with E-state index in [0.717, 1.165) is 12.5 Å². The van der Waals surface area contributed by atoms with Crippen LogP contribution >= 0.6 is 0 Å². The van der Waals surface area contributed by atoms with E-state index in [9.17, 15) is 0 Å². The van der Waals surface area contributed by atoms with E-state index in [-0.39, 0.29) is 21.5 Å². The van der Waals surface area contributed by atoms with Gasteiger partial charge in [-0.1, -0.05) is 0 Å². The summed E-state index contributed by atoms with van der Waals surface area (Å²) in [7, 11) is 0. The van der Waals surface area contributed by atoms with Crippen molar-refractivity contribution >= 4 is 5.84 Å². The zero-order valence-corrected chi connectivity index (χ0v) is 12.0. The molecule has 3 nitrogen and oxygen atoms in total. The Bertz CT molecular complexity index is 236. The number of rotatable bonds is 2. The van der Waals surface area contributed by atoms with Crippen LogP contribution in [0.5, 0.6) is 0 Å². The first-order valence-electron chi connectivity index (χ1n) is 6.44. The van der Waals surface area contributed by atoms with Crippen LogP contribution in [-0.4, -0.2) is 16.8 Å². The van der Waals surface area contributed by atoms with Gasteiger partial charge in [-0.15, -0.1) is 0 Å². The zero-order chi connectivity index (χ0) is 11.4. The Labute approximate surface area is 109 Å². The molecule has 4 heteroatoms. The maximum atomic E-state index is 7.76. The normalized spacial score (nSPS) is 33.8. The number of nitrogens with one attached hydrogen (secondary N) is 2. The quantitative estimate of drug-likeness (QED) is 0.147. The third-order valence-corrected chi connectivity index (χ3v) is 6.44. The van der Waals surface area contributed by atoms with Crippen molar-refractivity contribution in [1.82, 2.24) is 3.53 Å². The summed E-state index contributed by atoms with van der Waals surface area (Å²) in [6, 6.07) is 0. The van der Waals surface area contributed by atoms with Gasteiger partial charge in [0.25, 0.3) is 0 Å². The molecule has 1 heterocycles. The van der Waals surface area contributed by atoms with Gasteiger partial charge in [-0.25, -0.2) is 0 Å². The third kappa shape index (κ3) is 3.09.